The van der Waals surface area contributed by atoms with Crippen molar-refractivity contribution in [3.63, 3.8) is 0 Å². The third kappa shape index (κ3) is 4.24. The summed E-state index contributed by atoms with van der Waals surface area (Å²) in [7, 11) is 0. The van der Waals surface area contributed by atoms with Crippen molar-refractivity contribution < 1.29 is 19.1 Å². The van der Waals surface area contributed by atoms with Crippen molar-refractivity contribution in [2.24, 2.45) is 0 Å². The Kier molecular flexibility index (Phi) is 5.70. The number of rotatable bonds is 7. The molecule has 0 aliphatic heterocycles. The van der Waals surface area contributed by atoms with E-state index < -0.39 is 5.97 Å². The summed E-state index contributed by atoms with van der Waals surface area (Å²) in [5.41, 5.74) is 1.85. The van der Waals surface area contributed by atoms with Gasteiger partial charge in [-0.15, -0.1) is 0 Å². The van der Waals surface area contributed by atoms with Gasteiger partial charge in [-0.05, 0) is 39.3 Å². The van der Waals surface area contributed by atoms with E-state index in [9.17, 15) is 9.59 Å². The predicted octanol–water partition coefficient (Wildman–Crippen LogP) is 3.04. The summed E-state index contributed by atoms with van der Waals surface area (Å²) in [5, 5.41) is 15.9. The van der Waals surface area contributed by atoms with Crippen LogP contribution < -0.4 is 10.6 Å². The number of para-hydroxylation sites is 1. The Bertz CT molecular complexity index is 826. The van der Waals surface area contributed by atoms with Crippen LogP contribution in [0.15, 0.2) is 28.7 Å². The van der Waals surface area contributed by atoms with Crippen LogP contribution in [0.5, 0.6) is 0 Å². The molecule has 1 aromatic carbocycles. The van der Waals surface area contributed by atoms with Gasteiger partial charge in [0, 0.05) is 23.0 Å². The monoisotopic (exact) mass is 373 g/mol. The van der Waals surface area contributed by atoms with Gasteiger partial charge in [0.1, 0.15) is 11.3 Å². The fourth-order valence-corrected chi connectivity index (χ4v) is 3.77. The molecule has 0 spiro atoms. The number of hydrogen-bond acceptors (Lipinski definition) is 4. The lowest BCUT2D eigenvalue weighted by molar-refractivity contribution is -0.139. The Labute approximate surface area is 158 Å². The van der Waals surface area contributed by atoms with E-state index in [4.69, 9.17) is 9.52 Å². The Morgan fingerprint density at radius 1 is 1.33 bits per heavy atom. The van der Waals surface area contributed by atoms with Crippen LogP contribution in [0.3, 0.4) is 0 Å². The van der Waals surface area contributed by atoms with E-state index in [0.717, 1.165) is 35.1 Å². The highest BCUT2D eigenvalue weighted by atomic mass is 16.4. The Morgan fingerprint density at radius 2 is 2.04 bits per heavy atom. The topological polar surface area (TPSA) is 94.8 Å². The van der Waals surface area contributed by atoms with Crippen molar-refractivity contribution in [3.8, 4) is 0 Å². The summed E-state index contributed by atoms with van der Waals surface area (Å²) in [6, 6.07) is 7.64. The first-order chi connectivity index (χ1) is 12.9. The van der Waals surface area contributed by atoms with E-state index >= 15 is 0 Å². The van der Waals surface area contributed by atoms with Gasteiger partial charge in [-0.1, -0.05) is 25.1 Å². The highest BCUT2D eigenvalue weighted by Crippen LogP contribution is 2.29. The van der Waals surface area contributed by atoms with Gasteiger partial charge in [-0.3, -0.25) is 9.69 Å². The number of aryl methyl sites for hydroxylation is 1. The van der Waals surface area contributed by atoms with Gasteiger partial charge >= 0.3 is 12.0 Å². The average molecular weight is 373 g/mol. The van der Waals surface area contributed by atoms with Gasteiger partial charge in [0.2, 0.25) is 0 Å². The summed E-state index contributed by atoms with van der Waals surface area (Å²) < 4.78 is 5.90. The number of carbonyl (C=O) groups excluding carboxylic acids is 1. The molecule has 7 heteroatoms. The molecule has 3 N–H and O–H groups in total. The summed E-state index contributed by atoms with van der Waals surface area (Å²) in [6.45, 7) is 6.59. The van der Waals surface area contributed by atoms with E-state index in [0.29, 0.717) is 6.54 Å². The van der Waals surface area contributed by atoms with Crippen LogP contribution in [-0.4, -0.2) is 47.2 Å². The highest BCUT2D eigenvalue weighted by molar-refractivity contribution is 5.82. The maximum Gasteiger partial charge on any atom is 0.317 e. The number of benzene rings is 1. The number of carbonyl (C=O) groups is 2. The van der Waals surface area contributed by atoms with E-state index in [1.807, 2.05) is 49.9 Å². The van der Waals surface area contributed by atoms with Crippen LogP contribution in [0, 0.1) is 6.92 Å². The fraction of sp³-hybridized carbons (Fsp3) is 0.500. The zero-order chi connectivity index (χ0) is 19.6. The number of amides is 2. The second-order valence-electron chi connectivity index (χ2n) is 7.21. The number of nitrogens with zero attached hydrogens (tertiary/aromatic N) is 1. The first kappa shape index (κ1) is 19.2. The molecule has 0 radical (unpaired) electrons. The lowest BCUT2D eigenvalue weighted by Gasteiger charge is -2.42. The van der Waals surface area contributed by atoms with E-state index in [1.165, 1.54) is 0 Å². The van der Waals surface area contributed by atoms with Crippen molar-refractivity contribution in [2.45, 2.75) is 51.7 Å². The van der Waals surface area contributed by atoms with Gasteiger partial charge in [0.05, 0.1) is 12.6 Å². The number of carboxylic acid groups (broad SMARTS) is 1. The van der Waals surface area contributed by atoms with Crippen LogP contribution >= 0.6 is 0 Å². The van der Waals surface area contributed by atoms with Crippen LogP contribution in [0.2, 0.25) is 0 Å². The largest absolute Gasteiger partial charge is 0.480 e. The molecule has 7 nitrogen and oxygen atoms in total. The Hall–Kier alpha value is -2.54. The normalized spacial score (nSPS) is 20.3. The molecule has 2 amide bonds. The number of hydrogen-bond donors (Lipinski definition) is 3. The first-order valence-corrected chi connectivity index (χ1v) is 9.40. The first-order valence-electron chi connectivity index (χ1n) is 9.40. The molecule has 2 aromatic rings. The van der Waals surface area contributed by atoms with Gasteiger partial charge in [0.25, 0.3) is 0 Å². The SMILES string of the molecule is CCN(CC(=O)O)C1CC(NC(=O)N[C@@H](C)c2oc3ccccc3c2C)C1. The number of urea groups is 1. The molecular weight excluding hydrogens is 346 g/mol. The number of furan rings is 1. The van der Waals surface area contributed by atoms with Gasteiger partial charge < -0.3 is 20.2 Å². The molecule has 1 aliphatic carbocycles. The standard InChI is InChI=1S/C20H27N3O4/c1-4-23(11-18(24)25)15-9-14(10-15)22-20(26)21-13(3)19-12(2)16-7-5-6-8-17(16)27-19/h5-8,13-15H,4,9-11H2,1-3H3,(H,24,25)(H2,21,22,26)/t13-,14?,15?/m0/s1. The van der Waals surface area contributed by atoms with Crippen LogP contribution in [0.1, 0.15) is 44.1 Å². The summed E-state index contributed by atoms with van der Waals surface area (Å²) in [6.07, 6.45) is 1.54. The highest BCUT2D eigenvalue weighted by Gasteiger charge is 2.35. The lowest BCUT2D eigenvalue weighted by Crippen LogP contribution is -2.56. The third-order valence-electron chi connectivity index (χ3n) is 5.33. The molecule has 1 saturated carbocycles. The second-order valence-corrected chi connectivity index (χ2v) is 7.21. The number of likely N-dealkylation sites (N-methyl/N-ethyl adjacent to an activating group) is 1. The fourth-order valence-electron chi connectivity index (χ4n) is 3.77. The number of fused-ring (bicyclic) bond motifs is 1. The van der Waals surface area contributed by atoms with Crippen molar-refractivity contribution in [2.75, 3.05) is 13.1 Å². The second kappa shape index (κ2) is 8.00. The molecule has 1 aromatic heterocycles. The summed E-state index contributed by atoms with van der Waals surface area (Å²) in [4.78, 5) is 25.1. The van der Waals surface area contributed by atoms with E-state index in [1.54, 1.807) is 0 Å². The quantitative estimate of drug-likeness (QED) is 0.693. The molecular formula is C20H27N3O4. The zero-order valence-corrected chi connectivity index (χ0v) is 16.0. The van der Waals surface area contributed by atoms with Crippen LogP contribution in [0.4, 0.5) is 4.79 Å². The minimum absolute atomic E-state index is 0.0441. The van der Waals surface area contributed by atoms with Gasteiger partial charge in [-0.25, -0.2) is 4.79 Å². The Balaban J connectivity index is 1.51. The molecule has 146 valence electrons. The van der Waals surface area contributed by atoms with Crippen molar-refractivity contribution in [1.29, 1.82) is 0 Å². The number of aliphatic carboxylic acids is 1. The molecule has 1 heterocycles. The molecule has 1 atom stereocenters. The summed E-state index contributed by atoms with van der Waals surface area (Å²) in [5.74, 6) is -0.0579. The smallest absolute Gasteiger partial charge is 0.317 e. The average Bonchev–Trinajstić information content (AvgIpc) is 2.93. The van der Waals surface area contributed by atoms with Gasteiger partial charge in [-0.2, -0.15) is 0 Å². The maximum absolute atomic E-state index is 12.3. The Morgan fingerprint density at radius 3 is 2.67 bits per heavy atom. The van der Waals surface area contributed by atoms with Crippen LogP contribution in [-0.2, 0) is 4.79 Å². The van der Waals surface area contributed by atoms with Crippen molar-refractivity contribution in [1.82, 2.24) is 15.5 Å². The van der Waals surface area contributed by atoms with Gasteiger partial charge in [0.15, 0.2) is 0 Å². The van der Waals surface area contributed by atoms with Crippen molar-refractivity contribution >= 4 is 23.0 Å². The molecule has 1 aliphatic rings. The molecule has 0 unspecified atom stereocenters. The van der Waals surface area contributed by atoms with E-state index in [2.05, 4.69) is 10.6 Å². The predicted molar refractivity (Wildman–Crippen MR) is 103 cm³/mol. The molecule has 1 fully saturated rings. The minimum Gasteiger partial charge on any atom is -0.480 e. The van der Waals surface area contributed by atoms with Crippen LogP contribution in [0.25, 0.3) is 11.0 Å². The molecule has 3 rings (SSSR count). The zero-order valence-electron chi connectivity index (χ0n) is 16.0. The minimum atomic E-state index is -0.818. The molecule has 0 bridgehead atoms. The number of nitrogens with one attached hydrogen (secondary N) is 2. The molecule has 0 saturated heterocycles. The molecule has 27 heavy (non-hydrogen) atoms. The van der Waals surface area contributed by atoms with E-state index in [-0.39, 0.29) is 30.7 Å². The lowest BCUT2D eigenvalue weighted by atomic mass is 9.85. The maximum atomic E-state index is 12.3. The summed E-state index contributed by atoms with van der Waals surface area (Å²) >= 11 is 0. The third-order valence-corrected chi connectivity index (χ3v) is 5.33. The van der Waals surface area contributed by atoms with Crippen molar-refractivity contribution in [3.05, 3.63) is 35.6 Å². The number of carboxylic acids is 1.